The van der Waals surface area contributed by atoms with Gasteiger partial charge in [-0.25, -0.2) is 8.42 Å². The smallest absolute Gasteiger partial charge is 0.272 e. The van der Waals surface area contributed by atoms with Gasteiger partial charge in [0, 0.05) is 10.7 Å². The number of fused-ring (bicyclic) bond motifs is 1. The second kappa shape index (κ2) is 7.90. The van der Waals surface area contributed by atoms with E-state index in [2.05, 4.69) is 9.82 Å². The molecule has 0 saturated carbocycles. The minimum Gasteiger partial charge on any atom is -0.280 e. The number of nitrogens with one attached hydrogen (secondary N) is 2. The van der Waals surface area contributed by atoms with Crippen molar-refractivity contribution in [2.24, 2.45) is 0 Å². The summed E-state index contributed by atoms with van der Waals surface area (Å²) in [5.41, 5.74) is 3.00. The molecule has 31 heavy (non-hydrogen) atoms. The highest BCUT2D eigenvalue weighted by molar-refractivity contribution is 7.92. The number of anilines is 1. The summed E-state index contributed by atoms with van der Waals surface area (Å²) in [5, 5.41) is 3.79. The fourth-order valence-corrected chi connectivity index (χ4v) is 5.24. The minimum absolute atomic E-state index is 0.0892. The average molecular weight is 456 g/mol. The first-order chi connectivity index (χ1) is 14.7. The van der Waals surface area contributed by atoms with E-state index in [9.17, 15) is 13.2 Å². The Kier molecular flexibility index (Phi) is 5.41. The molecule has 1 aromatic heterocycles. The van der Waals surface area contributed by atoms with Crippen LogP contribution >= 0.6 is 11.6 Å². The molecule has 2 N–H and O–H groups in total. The number of H-pyrrole nitrogens is 1. The van der Waals surface area contributed by atoms with Gasteiger partial charge in [-0.2, -0.15) is 0 Å². The molecule has 6 nitrogen and oxygen atoms in total. The summed E-state index contributed by atoms with van der Waals surface area (Å²) in [6.45, 7) is 5.44. The Morgan fingerprint density at radius 3 is 2.42 bits per heavy atom. The van der Waals surface area contributed by atoms with E-state index in [0.29, 0.717) is 32.7 Å². The van der Waals surface area contributed by atoms with Crippen LogP contribution in [0.4, 0.5) is 5.69 Å². The van der Waals surface area contributed by atoms with E-state index >= 15 is 0 Å². The summed E-state index contributed by atoms with van der Waals surface area (Å²) < 4.78 is 30.3. The molecule has 0 radical (unpaired) electrons. The molecule has 4 aromatic rings. The molecule has 0 amide bonds. The molecule has 0 spiro atoms. The van der Waals surface area contributed by atoms with Gasteiger partial charge in [0.05, 0.1) is 21.8 Å². The maximum Gasteiger partial charge on any atom is 0.272 e. The van der Waals surface area contributed by atoms with E-state index in [-0.39, 0.29) is 16.5 Å². The molecule has 4 rings (SSSR count). The highest BCUT2D eigenvalue weighted by atomic mass is 35.5. The van der Waals surface area contributed by atoms with Gasteiger partial charge in [-0.05, 0) is 67.8 Å². The van der Waals surface area contributed by atoms with Crippen LogP contribution in [0.3, 0.4) is 0 Å². The summed E-state index contributed by atoms with van der Waals surface area (Å²) in [6, 6.07) is 17.9. The van der Waals surface area contributed by atoms with E-state index in [1.807, 2.05) is 37.3 Å². The standard InChI is InChI=1S/C23H22ClN3O3S/c1-14-12-22(15(2)11-20(14)24)31(29,30)26-18-9-10-21-19(13-18)23(28)25-27(21)16(3)17-7-5-4-6-8-17/h4-13,16,26H,1-3H3,(H,25,28). The molecule has 0 aliphatic rings. The van der Waals surface area contributed by atoms with Crippen LogP contribution in [-0.4, -0.2) is 18.2 Å². The van der Waals surface area contributed by atoms with Gasteiger partial charge in [0.25, 0.3) is 15.6 Å². The Labute approximate surface area is 185 Å². The molecule has 1 unspecified atom stereocenters. The van der Waals surface area contributed by atoms with E-state index in [1.54, 1.807) is 48.9 Å². The van der Waals surface area contributed by atoms with Gasteiger partial charge in [0.1, 0.15) is 0 Å². The van der Waals surface area contributed by atoms with Crippen LogP contribution in [0.25, 0.3) is 10.9 Å². The fraction of sp³-hybridized carbons (Fsp3) is 0.174. The predicted molar refractivity (Wildman–Crippen MR) is 125 cm³/mol. The Bertz CT molecular complexity index is 1440. The number of aromatic amines is 1. The number of aromatic nitrogens is 2. The van der Waals surface area contributed by atoms with Gasteiger partial charge >= 0.3 is 0 Å². The zero-order valence-corrected chi connectivity index (χ0v) is 18.9. The lowest BCUT2D eigenvalue weighted by Crippen LogP contribution is -2.14. The van der Waals surface area contributed by atoms with Gasteiger partial charge in [0.2, 0.25) is 0 Å². The van der Waals surface area contributed by atoms with Crippen LogP contribution in [0, 0.1) is 13.8 Å². The molecule has 0 fully saturated rings. The number of rotatable bonds is 5. The van der Waals surface area contributed by atoms with Crippen LogP contribution in [0.2, 0.25) is 5.02 Å². The van der Waals surface area contributed by atoms with Crippen molar-refractivity contribution in [1.29, 1.82) is 0 Å². The molecule has 0 saturated heterocycles. The Morgan fingerprint density at radius 2 is 1.71 bits per heavy atom. The van der Waals surface area contributed by atoms with Crippen LogP contribution in [0.1, 0.15) is 29.7 Å². The van der Waals surface area contributed by atoms with Crippen molar-refractivity contribution in [1.82, 2.24) is 9.78 Å². The monoisotopic (exact) mass is 455 g/mol. The van der Waals surface area contributed by atoms with Crippen molar-refractivity contribution in [2.45, 2.75) is 31.7 Å². The zero-order valence-electron chi connectivity index (χ0n) is 17.3. The van der Waals surface area contributed by atoms with Crippen molar-refractivity contribution in [3.63, 3.8) is 0 Å². The van der Waals surface area contributed by atoms with Crippen molar-refractivity contribution in [2.75, 3.05) is 4.72 Å². The molecule has 0 aliphatic carbocycles. The van der Waals surface area contributed by atoms with Crippen molar-refractivity contribution in [3.8, 4) is 0 Å². The maximum absolute atomic E-state index is 13.0. The first-order valence-corrected chi connectivity index (χ1v) is 11.6. The molecule has 0 bridgehead atoms. The van der Waals surface area contributed by atoms with E-state index in [1.165, 1.54) is 0 Å². The second-order valence-corrected chi connectivity index (χ2v) is 9.66. The highest BCUT2D eigenvalue weighted by Gasteiger charge is 2.20. The summed E-state index contributed by atoms with van der Waals surface area (Å²) in [7, 11) is -3.84. The van der Waals surface area contributed by atoms with Crippen LogP contribution in [0.15, 0.2) is 70.4 Å². The molecule has 1 atom stereocenters. The third-order valence-corrected chi connectivity index (χ3v) is 7.32. The van der Waals surface area contributed by atoms with Gasteiger partial charge in [-0.1, -0.05) is 41.9 Å². The molecule has 1 heterocycles. The third kappa shape index (κ3) is 3.98. The van der Waals surface area contributed by atoms with Crippen molar-refractivity contribution < 1.29 is 8.42 Å². The van der Waals surface area contributed by atoms with Gasteiger partial charge in [0.15, 0.2) is 0 Å². The molecule has 3 aromatic carbocycles. The molecular weight excluding hydrogens is 434 g/mol. The van der Waals surface area contributed by atoms with Crippen LogP contribution in [0.5, 0.6) is 0 Å². The lowest BCUT2D eigenvalue weighted by atomic mass is 10.1. The number of hydrogen-bond donors (Lipinski definition) is 2. The van der Waals surface area contributed by atoms with E-state index < -0.39 is 10.0 Å². The number of nitrogens with zero attached hydrogens (tertiary/aromatic N) is 1. The SMILES string of the molecule is Cc1cc(S(=O)(=O)Nc2ccc3c(c2)c(=O)[nH]n3C(C)c2ccccc2)c(C)cc1Cl. The molecule has 0 aliphatic heterocycles. The lowest BCUT2D eigenvalue weighted by Gasteiger charge is -2.15. The van der Waals surface area contributed by atoms with Gasteiger partial charge in [-0.15, -0.1) is 0 Å². The van der Waals surface area contributed by atoms with E-state index in [0.717, 1.165) is 5.56 Å². The summed E-state index contributed by atoms with van der Waals surface area (Å²) in [6.07, 6.45) is 0. The molecule has 8 heteroatoms. The number of halogens is 1. The van der Waals surface area contributed by atoms with Gasteiger partial charge in [-0.3, -0.25) is 19.3 Å². The van der Waals surface area contributed by atoms with E-state index in [4.69, 9.17) is 11.6 Å². The normalized spacial score (nSPS) is 12.8. The largest absolute Gasteiger partial charge is 0.280 e. The Morgan fingerprint density at radius 1 is 1.00 bits per heavy atom. The number of aryl methyl sites for hydroxylation is 2. The van der Waals surface area contributed by atoms with Crippen LogP contribution < -0.4 is 10.3 Å². The minimum atomic E-state index is -3.84. The molecule has 160 valence electrons. The Balaban J connectivity index is 1.72. The van der Waals surface area contributed by atoms with Crippen molar-refractivity contribution >= 4 is 38.2 Å². The first-order valence-electron chi connectivity index (χ1n) is 9.76. The van der Waals surface area contributed by atoms with Crippen molar-refractivity contribution in [3.05, 3.63) is 92.7 Å². The lowest BCUT2D eigenvalue weighted by molar-refractivity contribution is 0.579. The predicted octanol–water partition coefficient (Wildman–Crippen LogP) is 5.01. The third-order valence-electron chi connectivity index (χ3n) is 5.39. The number of sulfonamides is 1. The highest BCUT2D eigenvalue weighted by Crippen LogP contribution is 2.27. The molecular formula is C23H22ClN3O3S. The second-order valence-electron chi connectivity index (χ2n) is 7.60. The maximum atomic E-state index is 13.0. The number of benzene rings is 3. The summed E-state index contributed by atoms with van der Waals surface area (Å²) >= 11 is 6.10. The Hall–Kier alpha value is -3.03. The fourth-order valence-electron chi connectivity index (χ4n) is 3.66. The quantitative estimate of drug-likeness (QED) is 0.443. The first kappa shape index (κ1) is 21.2. The summed E-state index contributed by atoms with van der Waals surface area (Å²) in [5.74, 6) is 0. The van der Waals surface area contributed by atoms with Crippen LogP contribution in [-0.2, 0) is 10.0 Å². The number of hydrogen-bond acceptors (Lipinski definition) is 3. The van der Waals surface area contributed by atoms with Gasteiger partial charge < -0.3 is 0 Å². The topological polar surface area (TPSA) is 84.0 Å². The summed E-state index contributed by atoms with van der Waals surface area (Å²) in [4.78, 5) is 12.7. The average Bonchev–Trinajstić information content (AvgIpc) is 3.06. The zero-order chi connectivity index (χ0) is 22.3.